The van der Waals surface area contributed by atoms with Crippen molar-refractivity contribution in [3.05, 3.63) is 34.5 Å². The molecule has 0 spiro atoms. The van der Waals surface area contributed by atoms with Crippen LogP contribution in [0.2, 0.25) is 0 Å². The summed E-state index contributed by atoms with van der Waals surface area (Å²) in [5, 5.41) is 5.24. The van der Waals surface area contributed by atoms with E-state index in [9.17, 15) is 0 Å². The molecule has 11 heavy (non-hydrogen) atoms. The molecular weight excluding hydrogens is 220 g/mol. The van der Waals surface area contributed by atoms with Crippen molar-refractivity contribution in [1.82, 2.24) is 0 Å². The van der Waals surface area contributed by atoms with Gasteiger partial charge in [-0.25, -0.2) is 0 Å². The number of thiophene rings is 1. The van der Waals surface area contributed by atoms with Gasteiger partial charge in [-0.1, -0.05) is 28.1 Å². The first-order valence-electron chi connectivity index (χ1n) is 3.56. The van der Waals surface area contributed by atoms with E-state index in [0.717, 1.165) is 18.2 Å². The number of hydrogen-bond acceptors (Lipinski definition) is 1. The van der Waals surface area contributed by atoms with Gasteiger partial charge in [-0.2, -0.15) is 11.3 Å². The highest BCUT2D eigenvalue weighted by atomic mass is 79.9. The number of hydrogen-bond donors (Lipinski definition) is 0. The molecule has 0 saturated heterocycles. The summed E-state index contributed by atoms with van der Waals surface area (Å²) in [5.74, 6) is 0. The highest BCUT2D eigenvalue weighted by Gasteiger charge is 1.94. The maximum Gasteiger partial charge on any atom is 0.0239 e. The smallest absolute Gasteiger partial charge is 0.0239 e. The first kappa shape index (κ1) is 9.01. The zero-order chi connectivity index (χ0) is 8.10. The second-order valence-corrected chi connectivity index (χ2v) is 3.86. The molecule has 0 atom stereocenters. The molecule has 1 rings (SSSR count). The second kappa shape index (κ2) is 4.73. The summed E-state index contributed by atoms with van der Waals surface area (Å²) in [4.78, 5) is 0. The molecule has 60 valence electrons. The van der Waals surface area contributed by atoms with Crippen LogP contribution in [0.25, 0.3) is 0 Å². The summed E-state index contributed by atoms with van der Waals surface area (Å²) in [7, 11) is 0. The lowest BCUT2D eigenvalue weighted by Crippen LogP contribution is -1.86. The van der Waals surface area contributed by atoms with Gasteiger partial charge in [0.15, 0.2) is 0 Å². The Hall–Kier alpha value is -0.0800. The van der Waals surface area contributed by atoms with E-state index in [1.165, 1.54) is 11.1 Å². The minimum absolute atomic E-state index is 0.928. The topological polar surface area (TPSA) is 0 Å². The maximum atomic E-state index is 3.93. The van der Waals surface area contributed by atoms with Crippen LogP contribution < -0.4 is 0 Å². The largest absolute Gasteiger partial charge is 0.152 e. The monoisotopic (exact) mass is 230 g/mol. The molecule has 2 heteroatoms. The van der Waals surface area contributed by atoms with Gasteiger partial charge < -0.3 is 0 Å². The lowest BCUT2D eigenvalue weighted by Gasteiger charge is -1.98. The molecule has 1 heterocycles. The van der Waals surface area contributed by atoms with E-state index in [2.05, 4.69) is 39.3 Å². The van der Waals surface area contributed by atoms with Crippen molar-refractivity contribution in [2.45, 2.75) is 12.8 Å². The van der Waals surface area contributed by atoms with Gasteiger partial charge in [-0.3, -0.25) is 0 Å². The van der Waals surface area contributed by atoms with Crippen molar-refractivity contribution in [1.29, 1.82) is 0 Å². The van der Waals surface area contributed by atoms with E-state index in [0.29, 0.717) is 0 Å². The average molecular weight is 231 g/mol. The predicted molar refractivity (Wildman–Crippen MR) is 55.6 cm³/mol. The standard InChI is InChI=1S/C9H11BrS/c1-8(6-10)2-3-9-4-5-11-7-9/h4-5,7H,1-3,6H2. The van der Waals surface area contributed by atoms with Gasteiger partial charge in [0.1, 0.15) is 0 Å². The molecule has 0 nitrogen and oxygen atoms in total. The van der Waals surface area contributed by atoms with Crippen LogP contribution in [0.5, 0.6) is 0 Å². The highest BCUT2D eigenvalue weighted by Crippen LogP contribution is 2.12. The molecule has 0 unspecified atom stereocenters. The fraction of sp³-hybridized carbons (Fsp3) is 0.333. The van der Waals surface area contributed by atoms with E-state index in [-0.39, 0.29) is 0 Å². The van der Waals surface area contributed by atoms with Gasteiger partial charge in [-0.15, -0.1) is 0 Å². The Balaban J connectivity index is 2.29. The SMILES string of the molecule is C=C(CBr)CCc1ccsc1. The van der Waals surface area contributed by atoms with E-state index < -0.39 is 0 Å². The van der Waals surface area contributed by atoms with Crippen molar-refractivity contribution >= 4 is 27.3 Å². The minimum atomic E-state index is 0.928. The van der Waals surface area contributed by atoms with E-state index >= 15 is 0 Å². The molecule has 1 aromatic heterocycles. The van der Waals surface area contributed by atoms with Crippen molar-refractivity contribution in [2.75, 3.05) is 5.33 Å². The number of halogens is 1. The summed E-state index contributed by atoms with van der Waals surface area (Å²) in [6.45, 7) is 3.93. The highest BCUT2D eigenvalue weighted by molar-refractivity contribution is 9.09. The number of rotatable bonds is 4. The molecule has 0 N–H and O–H groups in total. The summed E-state index contributed by atoms with van der Waals surface area (Å²) in [5.41, 5.74) is 2.70. The zero-order valence-corrected chi connectivity index (χ0v) is 8.75. The quantitative estimate of drug-likeness (QED) is 0.548. The van der Waals surface area contributed by atoms with E-state index in [4.69, 9.17) is 0 Å². The van der Waals surface area contributed by atoms with Crippen LogP contribution in [0.4, 0.5) is 0 Å². The van der Waals surface area contributed by atoms with Crippen LogP contribution in [-0.4, -0.2) is 5.33 Å². The molecule has 0 bridgehead atoms. The summed E-state index contributed by atoms with van der Waals surface area (Å²) in [6.07, 6.45) is 2.23. The number of alkyl halides is 1. The van der Waals surface area contributed by atoms with Gasteiger partial charge in [0.2, 0.25) is 0 Å². The van der Waals surface area contributed by atoms with E-state index in [1.54, 1.807) is 11.3 Å². The van der Waals surface area contributed by atoms with Gasteiger partial charge in [0.05, 0.1) is 0 Å². The maximum absolute atomic E-state index is 3.93. The van der Waals surface area contributed by atoms with Crippen molar-refractivity contribution in [3.8, 4) is 0 Å². The lowest BCUT2D eigenvalue weighted by atomic mass is 10.1. The van der Waals surface area contributed by atoms with Crippen LogP contribution in [0.15, 0.2) is 29.0 Å². The molecule has 0 aliphatic carbocycles. The molecular formula is C9H11BrS. The average Bonchev–Trinajstić information content (AvgIpc) is 2.52. The molecule has 0 saturated carbocycles. The Morgan fingerprint density at radius 2 is 2.45 bits per heavy atom. The van der Waals surface area contributed by atoms with Crippen LogP contribution in [0, 0.1) is 0 Å². The minimum Gasteiger partial charge on any atom is -0.152 e. The summed E-state index contributed by atoms with van der Waals surface area (Å²) >= 11 is 5.14. The number of allylic oxidation sites excluding steroid dienone is 1. The third-order valence-electron chi connectivity index (χ3n) is 1.54. The molecule has 0 radical (unpaired) electrons. The first-order valence-corrected chi connectivity index (χ1v) is 5.63. The Morgan fingerprint density at radius 3 is 3.00 bits per heavy atom. The van der Waals surface area contributed by atoms with Crippen molar-refractivity contribution in [3.63, 3.8) is 0 Å². The Labute approximate surface area is 80.1 Å². The summed E-state index contributed by atoms with van der Waals surface area (Å²) in [6, 6.07) is 2.17. The second-order valence-electron chi connectivity index (χ2n) is 2.52. The molecule has 0 aliphatic rings. The molecule has 0 fully saturated rings. The third-order valence-corrected chi connectivity index (χ3v) is 3.06. The van der Waals surface area contributed by atoms with Gasteiger partial charge in [0.25, 0.3) is 0 Å². The van der Waals surface area contributed by atoms with Crippen molar-refractivity contribution in [2.24, 2.45) is 0 Å². The van der Waals surface area contributed by atoms with Crippen molar-refractivity contribution < 1.29 is 0 Å². The Morgan fingerprint density at radius 1 is 1.64 bits per heavy atom. The normalized spacial score (nSPS) is 9.91. The van der Waals surface area contributed by atoms with E-state index in [1.807, 2.05) is 0 Å². The number of aryl methyl sites for hydroxylation is 1. The predicted octanol–water partition coefficient (Wildman–Crippen LogP) is 3.63. The van der Waals surface area contributed by atoms with Crippen LogP contribution in [0.3, 0.4) is 0 Å². The first-order chi connectivity index (χ1) is 5.33. The third kappa shape index (κ3) is 3.21. The fourth-order valence-corrected chi connectivity index (χ4v) is 1.81. The molecule has 0 amide bonds. The Bertz CT molecular complexity index is 213. The van der Waals surface area contributed by atoms with Crippen LogP contribution in [0.1, 0.15) is 12.0 Å². The summed E-state index contributed by atoms with van der Waals surface area (Å²) < 4.78 is 0. The van der Waals surface area contributed by atoms with Crippen LogP contribution >= 0.6 is 27.3 Å². The fourth-order valence-electron chi connectivity index (χ4n) is 0.823. The molecule has 1 aromatic rings. The van der Waals surface area contributed by atoms with Gasteiger partial charge in [0, 0.05) is 5.33 Å². The van der Waals surface area contributed by atoms with Crippen LogP contribution in [-0.2, 0) is 6.42 Å². The van der Waals surface area contributed by atoms with Gasteiger partial charge in [-0.05, 0) is 35.2 Å². The zero-order valence-electron chi connectivity index (χ0n) is 6.35. The molecule has 0 aromatic carbocycles. The lowest BCUT2D eigenvalue weighted by molar-refractivity contribution is 0.957. The Kier molecular flexibility index (Phi) is 3.87. The molecule has 0 aliphatic heterocycles. The van der Waals surface area contributed by atoms with Gasteiger partial charge >= 0.3 is 0 Å².